The third kappa shape index (κ3) is 6.45. The van der Waals surface area contributed by atoms with Crippen molar-refractivity contribution in [3.63, 3.8) is 0 Å². The van der Waals surface area contributed by atoms with E-state index in [1.807, 2.05) is 6.07 Å². The molecule has 8 nitrogen and oxygen atoms in total. The summed E-state index contributed by atoms with van der Waals surface area (Å²) < 4.78 is 17.3. The van der Waals surface area contributed by atoms with Gasteiger partial charge in [0.2, 0.25) is 0 Å². The molecule has 1 N–H and O–H groups in total. The number of pyridine rings is 1. The monoisotopic (exact) mass is 544 g/mol. The van der Waals surface area contributed by atoms with Crippen LogP contribution in [0.5, 0.6) is 17.2 Å². The molecule has 0 saturated carbocycles. The normalized spacial score (nSPS) is 16.3. The maximum absolute atomic E-state index is 13.5. The van der Waals surface area contributed by atoms with Gasteiger partial charge in [-0.3, -0.25) is 14.6 Å². The zero-order valence-electron chi connectivity index (χ0n) is 23.3. The van der Waals surface area contributed by atoms with Crippen molar-refractivity contribution >= 4 is 17.4 Å². The fourth-order valence-electron chi connectivity index (χ4n) is 4.60. The molecule has 1 fully saturated rings. The number of hydrogen-bond donors (Lipinski definition) is 1. The van der Waals surface area contributed by atoms with Crippen LogP contribution in [0.25, 0.3) is 5.76 Å². The zero-order chi connectivity index (χ0) is 28.5. The Morgan fingerprint density at radius 3 is 2.42 bits per heavy atom. The minimum Gasteiger partial charge on any atom is -0.507 e. The predicted molar refractivity (Wildman–Crippen MR) is 152 cm³/mol. The molecular weight excluding hydrogens is 508 g/mol. The zero-order valence-corrected chi connectivity index (χ0v) is 23.3. The lowest BCUT2D eigenvalue weighted by Crippen LogP contribution is -2.29. The summed E-state index contributed by atoms with van der Waals surface area (Å²) in [5, 5.41) is 11.5. The smallest absolute Gasteiger partial charge is 0.295 e. The molecule has 2 aromatic carbocycles. The van der Waals surface area contributed by atoms with Crippen LogP contribution in [-0.4, -0.2) is 47.0 Å². The van der Waals surface area contributed by atoms with E-state index in [-0.39, 0.29) is 17.9 Å². The predicted octanol–water partition coefficient (Wildman–Crippen LogP) is 6.07. The SMILES string of the molecule is CCCCOc1cccc(/C(O)=C2\C(=O)C(=O)N(Cc3cccnc3)C2c2ccc(OCCCC)c(OC)c2)c1. The van der Waals surface area contributed by atoms with E-state index in [9.17, 15) is 14.7 Å². The topological polar surface area (TPSA) is 98.2 Å². The molecule has 1 atom stereocenters. The van der Waals surface area contributed by atoms with Gasteiger partial charge in [0, 0.05) is 24.5 Å². The average molecular weight is 545 g/mol. The van der Waals surface area contributed by atoms with Gasteiger partial charge in [0.25, 0.3) is 11.7 Å². The van der Waals surface area contributed by atoms with Crippen molar-refractivity contribution in [3.8, 4) is 17.2 Å². The van der Waals surface area contributed by atoms with E-state index in [4.69, 9.17) is 14.2 Å². The van der Waals surface area contributed by atoms with E-state index < -0.39 is 17.7 Å². The van der Waals surface area contributed by atoms with Crippen LogP contribution >= 0.6 is 0 Å². The molecule has 40 heavy (non-hydrogen) atoms. The van der Waals surface area contributed by atoms with Crippen LogP contribution in [0.1, 0.15) is 62.3 Å². The number of unbranched alkanes of at least 4 members (excludes halogenated alkanes) is 2. The number of nitrogens with zero attached hydrogens (tertiary/aromatic N) is 2. The van der Waals surface area contributed by atoms with Crippen molar-refractivity contribution in [2.24, 2.45) is 0 Å². The summed E-state index contributed by atoms with van der Waals surface area (Å²) in [5.74, 6) is -0.0965. The first-order valence-corrected chi connectivity index (χ1v) is 13.7. The van der Waals surface area contributed by atoms with Crippen LogP contribution in [-0.2, 0) is 16.1 Å². The lowest BCUT2D eigenvalue weighted by atomic mass is 9.94. The number of methoxy groups -OCH3 is 1. The summed E-state index contributed by atoms with van der Waals surface area (Å²) in [6.07, 6.45) is 7.08. The number of carbonyl (C=O) groups excluding carboxylic acids is 2. The van der Waals surface area contributed by atoms with Crippen LogP contribution in [0.4, 0.5) is 0 Å². The molecule has 0 spiro atoms. The molecule has 1 aromatic heterocycles. The second-order valence-corrected chi connectivity index (χ2v) is 9.63. The van der Waals surface area contributed by atoms with E-state index in [0.29, 0.717) is 41.6 Å². The van der Waals surface area contributed by atoms with Gasteiger partial charge in [0.1, 0.15) is 11.5 Å². The Bertz CT molecular complexity index is 1350. The van der Waals surface area contributed by atoms with E-state index in [1.165, 1.54) is 4.90 Å². The van der Waals surface area contributed by atoms with Gasteiger partial charge in [-0.15, -0.1) is 0 Å². The Kier molecular flexibility index (Phi) is 9.78. The highest BCUT2D eigenvalue weighted by Gasteiger charge is 2.46. The molecule has 8 heteroatoms. The highest BCUT2D eigenvalue weighted by atomic mass is 16.5. The van der Waals surface area contributed by atoms with Gasteiger partial charge >= 0.3 is 0 Å². The highest BCUT2D eigenvalue weighted by molar-refractivity contribution is 6.46. The molecule has 3 aromatic rings. The van der Waals surface area contributed by atoms with Gasteiger partial charge in [0.15, 0.2) is 11.5 Å². The molecule has 1 saturated heterocycles. The molecule has 4 rings (SSSR count). The number of aromatic nitrogens is 1. The number of amides is 1. The molecule has 1 unspecified atom stereocenters. The second kappa shape index (κ2) is 13.6. The van der Waals surface area contributed by atoms with Gasteiger partial charge < -0.3 is 24.2 Å². The van der Waals surface area contributed by atoms with Crippen LogP contribution in [0.15, 0.2) is 72.6 Å². The first-order valence-electron chi connectivity index (χ1n) is 13.7. The maximum atomic E-state index is 13.5. The summed E-state index contributed by atoms with van der Waals surface area (Å²) in [5.41, 5.74) is 1.76. The first-order chi connectivity index (χ1) is 19.5. The number of ketones is 1. The summed E-state index contributed by atoms with van der Waals surface area (Å²) in [4.78, 5) is 32.5. The average Bonchev–Trinajstić information content (AvgIpc) is 3.22. The fourth-order valence-corrected chi connectivity index (χ4v) is 4.60. The lowest BCUT2D eigenvalue weighted by Gasteiger charge is -2.26. The van der Waals surface area contributed by atoms with Gasteiger partial charge in [-0.1, -0.05) is 51.0 Å². The molecule has 1 aliphatic rings. The Labute approximate surface area is 235 Å². The highest BCUT2D eigenvalue weighted by Crippen LogP contribution is 2.43. The molecule has 1 aliphatic heterocycles. The third-order valence-corrected chi connectivity index (χ3v) is 6.75. The molecular formula is C32H36N2O6. The van der Waals surface area contributed by atoms with Gasteiger partial charge in [-0.05, 0) is 54.3 Å². The van der Waals surface area contributed by atoms with Crippen molar-refractivity contribution in [2.75, 3.05) is 20.3 Å². The number of likely N-dealkylation sites (tertiary alicyclic amines) is 1. The summed E-state index contributed by atoms with van der Waals surface area (Å²) >= 11 is 0. The molecule has 0 bridgehead atoms. The molecule has 1 amide bonds. The Balaban J connectivity index is 1.79. The Morgan fingerprint density at radius 1 is 0.950 bits per heavy atom. The number of hydrogen-bond acceptors (Lipinski definition) is 7. The second-order valence-electron chi connectivity index (χ2n) is 9.63. The van der Waals surface area contributed by atoms with Crippen LogP contribution in [0.3, 0.4) is 0 Å². The minimum absolute atomic E-state index is 0.00121. The van der Waals surface area contributed by atoms with E-state index in [2.05, 4.69) is 18.8 Å². The molecule has 0 aliphatic carbocycles. The lowest BCUT2D eigenvalue weighted by molar-refractivity contribution is -0.140. The van der Waals surface area contributed by atoms with Crippen LogP contribution < -0.4 is 14.2 Å². The number of ether oxygens (including phenoxy) is 3. The number of Topliss-reactive ketones (excluding diaryl/α,β-unsaturated/α-hetero) is 1. The molecule has 2 heterocycles. The number of aliphatic hydroxyl groups is 1. The van der Waals surface area contributed by atoms with E-state index in [1.54, 1.807) is 68.0 Å². The first kappa shape index (κ1) is 28.7. The van der Waals surface area contributed by atoms with E-state index >= 15 is 0 Å². The number of benzene rings is 2. The Hall–Kier alpha value is -4.33. The maximum Gasteiger partial charge on any atom is 0.295 e. The fraction of sp³-hybridized carbons (Fsp3) is 0.344. The van der Waals surface area contributed by atoms with E-state index in [0.717, 1.165) is 31.2 Å². The van der Waals surface area contributed by atoms with Crippen molar-refractivity contribution in [2.45, 2.75) is 52.1 Å². The van der Waals surface area contributed by atoms with Crippen LogP contribution in [0, 0.1) is 0 Å². The van der Waals surface area contributed by atoms with Gasteiger partial charge in [-0.25, -0.2) is 0 Å². The van der Waals surface area contributed by atoms with Crippen molar-refractivity contribution in [3.05, 3.63) is 89.3 Å². The third-order valence-electron chi connectivity index (χ3n) is 6.75. The van der Waals surface area contributed by atoms with Crippen molar-refractivity contribution in [1.29, 1.82) is 0 Å². The molecule has 0 radical (unpaired) electrons. The van der Waals surface area contributed by atoms with Crippen molar-refractivity contribution in [1.82, 2.24) is 9.88 Å². The summed E-state index contributed by atoms with van der Waals surface area (Å²) in [6, 6.07) is 15.0. The largest absolute Gasteiger partial charge is 0.507 e. The number of rotatable bonds is 13. The van der Waals surface area contributed by atoms with Crippen molar-refractivity contribution < 1.29 is 28.9 Å². The number of carbonyl (C=O) groups is 2. The summed E-state index contributed by atoms with van der Waals surface area (Å²) in [6.45, 7) is 5.39. The van der Waals surface area contributed by atoms with Gasteiger partial charge in [-0.2, -0.15) is 0 Å². The number of aliphatic hydroxyl groups excluding tert-OH is 1. The Morgan fingerprint density at radius 2 is 1.73 bits per heavy atom. The quantitative estimate of drug-likeness (QED) is 0.121. The summed E-state index contributed by atoms with van der Waals surface area (Å²) in [7, 11) is 1.54. The molecule has 210 valence electrons. The minimum atomic E-state index is -0.858. The standard InChI is InChI=1S/C32H36N2O6/c1-4-6-16-39-25-12-8-11-24(18-25)30(35)28-29(23-13-14-26(27(19-23)38-3)40-17-7-5-2)34(32(37)31(28)36)21-22-10-9-15-33-20-22/h8-15,18-20,29,35H,4-7,16-17,21H2,1-3H3/b30-28+. The van der Waals surface area contributed by atoms with Crippen LogP contribution in [0.2, 0.25) is 0 Å². The van der Waals surface area contributed by atoms with Gasteiger partial charge in [0.05, 0.1) is 31.9 Å².